The lowest BCUT2D eigenvalue weighted by Crippen LogP contribution is -2.36. The van der Waals surface area contributed by atoms with E-state index in [-0.39, 0.29) is 23.3 Å². The van der Waals surface area contributed by atoms with Gasteiger partial charge in [0, 0.05) is 11.8 Å². The maximum absolute atomic E-state index is 12.4. The summed E-state index contributed by atoms with van der Waals surface area (Å²) in [5, 5.41) is 9.08. The van der Waals surface area contributed by atoms with E-state index in [2.05, 4.69) is 4.72 Å². The zero-order chi connectivity index (χ0) is 15.2. The Balaban J connectivity index is 3.08. The molecule has 1 unspecified atom stereocenters. The summed E-state index contributed by atoms with van der Waals surface area (Å²) < 4.78 is 32.6. The van der Waals surface area contributed by atoms with Crippen LogP contribution in [0.25, 0.3) is 0 Å². The number of sulfonamides is 1. The zero-order valence-corrected chi connectivity index (χ0v) is 13.6. The van der Waals surface area contributed by atoms with Crippen LogP contribution in [0.1, 0.15) is 18.9 Å². The maximum atomic E-state index is 12.4. The highest BCUT2D eigenvalue weighted by Crippen LogP contribution is 2.25. The Morgan fingerprint density at radius 1 is 1.45 bits per heavy atom. The first-order valence-electron chi connectivity index (χ1n) is 6.27. The minimum absolute atomic E-state index is 0.0942. The quantitative estimate of drug-likeness (QED) is 0.761. The molecule has 114 valence electrons. The van der Waals surface area contributed by atoms with Crippen molar-refractivity contribution in [2.45, 2.75) is 30.9 Å². The monoisotopic (exact) mass is 319 g/mol. The number of thioether (sulfide) groups is 1. The molecule has 1 aromatic carbocycles. The average molecular weight is 319 g/mol. The van der Waals surface area contributed by atoms with Crippen molar-refractivity contribution in [3.63, 3.8) is 0 Å². The first-order chi connectivity index (χ1) is 9.48. The molecule has 2 N–H and O–H groups in total. The van der Waals surface area contributed by atoms with Gasteiger partial charge in [-0.05, 0) is 30.4 Å². The molecule has 0 saturated heterocycles. The fourth-order valence-corrected chi connectivity index (χ4v) is 4.05. The van der Waals surface area contributed by atoms with Gasteiger partial charge in [-0.2, -0.15) is 11.8 Å². The molecule has 0 aromatic heterocycles. The number of ether oxygens (including phenoxy) is 1. The SMILES string of the molecule is CCC(CSC)NS(=O)(=O)c1ccc(CO)cc1OC. The first kappa shape index (κ1) is 17.3. The molecule has 1 atom stereocenters. The Hall–Kier alpha value is -0.760. The van der Waals surface area contributed by atoms with Gasteiger partial charge in [0.2, 0.25) is 10.0 Å². The van der Waals surface area contributed by atoms with Crippen molar-refractivity contribution < 1.29 is 18.3 Å². The van der Waals surface area contributed by atoms with Crippen molar-refractivity contribution >= 4 is 21.8 Å². The van der Waals surface area contributed by atoms with Crippen molar-refractivity contribution in [1.82, 2.24) is 4.72 Å². The molecule has 7 heteroatoms. The summed E-state index contributed by atoms with van der Waals surface area (Å²) in [6.45, 7) is 1.78. The summed E-state index contributed by atoms with van der Waals surface area (Å²) >= 11 is 1.59. The third-order valence-electron chi connectivity index (χ3n) is 2.88. The van der Waals surface area contributed by atoms with Crippen LogP contribution in [0.15, 0.2) is 23.1 Å². The Kier molecular flexibility index (Phi) is 6.81. The lowest BCUT2D eigenvalue weighted by atomic mass is 10.2. The summed E-state index contributed by atoms with van der Waals surface area (Å²) in [7, 11) is -2.22. The third kappa shape index (κ3) is 4.37. The molecule has 0 heterocycles. The Labute approximate surface area is 124 Å². The molecule has 20 heavy (non-hydrogen) atoms. The number of benzene rings is 1. The van der Waals surface area contributed by atoms with Crippen molar-refractivity contribution in [2.75, 3.05) is 19.1 Å². The highest BCUT2D eigenvalue weighted by molar-refractivity contribution is 7.98. The van der Waals surface area contributed by atoms with Gasteiger partial charge in [0.25, 0.3) is 0 Å². The summed E-state index contributed by atoms with van der Waals surface area (Å²) in [5.41, 5.74) is 0.608. The summed E-state index contributed by atoms with van der Waals surface area (Å²) in [6.07, 6.45) is 2.66. The second-order valence-corrected chi connectivity index (χ2v) is 6.92. The first-order valence-corrected chi connectivity index (χ1v) is 9.15. The molecule has 0 spiro atoms. The number of aliphatic hydroxyl groups excluding tert-OH is 1. The van der Waals surface area contributed by atoms with Gasteiger partial charge in [-0.1, -0.05) is 13.0 Å². The number of hydrogen-bond acceptors (Lipinski definition) is 5. The number of hydrogen-bond donors (Lipinski definition) is 2. The maximum Gasteiger partial charge on any atom is 0.244 e. The topological polar surface area (TPSA) is 75.6 Å². The van der Waals surface area contributed by atoms with Gasteiger partial charge in [-0.15, -0.1) is 0 Å². The van der Waals surface area contributed by atoms with E-state index in [4.69, 9.17) is 9.84 Å². The second kappa shape index (κ2) is 7.87. The van der Waals surface area contributed by atoms with E-state index in [0.29, 0.717) is 11.3 Å². The van der Waals surface area contributed by atoms with Crippen LogP contribution in [0.4, 0.5) is 0 Å². The van der Waals surface area contributed by atoms with Crippen LogP contribution < -0.4 is 9.46 Å². The van der Waals surface area contributed by atoms with E-state index in [1.54, 1.807) is 17.8 Å². The molecule has 5 nitrogen and oxygen atoms in total. The van der Waals surface area contributed by atoms with Crippen molar-refractivity contribution in [3.05, 3.63) is 23.8 Å². The summed E-state index contributed by atoms with van der Waals surface area (Å²) in [4.78, 5) is 0.0942. The molecular weight excluding hydrogens is 298 g/mol. The Bertz CT molecular complexity index is 531. The molecule has 1 aromatic rings. The largest absolute Gasteiger partial charge is 0.495 e. The molecule has 0 aliphatic rings. The predicted molar refractivity (Wildman–Crippen MR) is 81.7 cm³/mol. The van der Waals surface area contributed by atoms with Crippen molar-refractivity contribution in [3.8, 4) is 5.75 Å². The van der Waals surface area contributed by atoms with Crippen LogP contribution in [0.5, 0.6) is 5.75 Å². The third-order valence-corrected chi connectivity index (χ3v) is 5.18. The molecule has 1 rings (SSSR count). The summed E-state index contributed by atoms with van der Waals surface area (Å²) in [6, 6.07) is 4.45. The number of methoxy groups -OCH3 is 1. The minimum atomic E-state index is -3.63. The molecule has 0 amide bonds. The molecule has 0 aliphatic carbocycles. The second-order valence-electron chi connectivity index (χ2n) is 4.33. The molecular formula is C13H21NO4S2. The van der Waals surface area contributed by atoms with Gasteiger partial charge in [0.15, 0.2) is 0 Å². The number of nitrogens with one attached hydrogen (secondary N) is 1. The van der Waals surface area contributed by atoms with E-state index in [9.17, 15) is 8.42 Å². The Morgan fingerprint density at radius 3 is 2.65 bits per heavy atom. The predicted octanol–water partition coefficient (Wildman–Crippen LogP) is 1.61. The van der Waals surface area contributed by atoms with Crippen LogP contribution in [-0.2, 0) is 16.6 Å². The van der Waals surface area contributed by atoms with E-state index >= 15 is 0 Å². The van der Waals surface area contributed by atoms with Gasteiger partial charge in [0.1, 0.15) is 10.6 Å². The van der Waals surface area contributed by atoms with Crippen LogP contribution >= 0.6 is 11.8 Å². The van der Waals surface area contributed by atoms with Crippen LogP contribution in [0.3, 0.4) is 0 Å². The normalized spacial score (nSPS) is 13.2. The highest BCUT2D eigenvalue weighted by atomic mass is 32.2. The van der Waals surface area contributed by atoms with E-state index in [1.807, 2.05) is 13.2 Å². The minimum Gasteiger partial charge on any atom is -0.495 e. The van der Waals surface area contributed by atoms with Crippen LogP contribution in [0.2, 0.25) is 0 Å². The number of rotatable bonds is 8. The summed E-state index contributed by atoms with van der Waals surface area (Å²) in [5.74, 6) is 0.954. The molecule has 0 fully saturated rings. The van der Waals surface area contributed by atoms with Gasteiger partial charge >= 0.3 is 0 Å². The molecule has 0 bridgehead atoms. The molecule has 0 radical (unpaired) electrons. The molecule has 0 aliphatic heterocycles. The Morgan fingerprint density at radius 2 is 2.15 bits per heavy atom. The fourth-order valence-electron chi connectivity index (χ4n) is 1.75. The van der Waals surface area contributed by atoms with Crippen LogP contribution in [-0.4, -0.2) is 38.7 Å². The van der Waals surface area contributed by atoms with Gasteiger partial charge < -0.3 is 9.84 Å². The standard InChI is InChI=1S/C13H21NO4S2/c1-4-11(9-19-3)14-20(16,17)13-6-5-10(8-15)7-12(13)18-2/h5-7,11,14-15H,4,8-9H2,1-3H3. The lowest BCUT2D eigenvalue weighted by Gasteiger charge is -2.17. The average Bonchev–Trinajstić information content (AvgIpc) is 2.45. The lowest BCUT2D eigenvalue weighted by molar-refractivity contribution is 0.280. The molecule has 0 saturated carbocycles. The fraction of sp³-hybridized carbons (Fsp3) is 0.538. The highest BCUT2D eigenvalue weighted by Gasteiger charge is 2.22. The van der Waals surface area contributed by atoms with Gasteiger partial charge in [0.05, 0.1) is 13.7 Å². The van der Waals surface area contributed by atoms with Gasteiger partial charge in [-0.25, -0.2) is 13.1 Å². The van der Waals surface area contributed by atoms with E-state index in [0.717, 1.165) is 6.42 Å². The number of aliphatic hydroxyl groups is 1. The van der Waals surface area contributed by atoms with Crippen molar-refractivity contribution in [2.24, 2.45) is 0 Å². The van der Waals surface area contributed by atoms with Crippen molar-refractivity contribution in [1.29, 1.82) is 0 Å². The van der Waals surface area contributed by atoms with E-state index in [1.165, 1.54) is 19.2 Å². The van der Waals surface area contributed by atoms with Crippen LogP contribution in [0, 0.1) is 0 Å². The zero-order valence-electron chi connectivity index (χ0n) is 11.9. The van der Waals surface area contributed by atoms with E-state index < -0.39 is 10.0 Å². The smallest absolute Gasteiger partial charge is 0.244 e. The van der Waals surface area contributed by atoms with Gasteiger partial charge in [-0.3, -0.25) is 0 Å².